The molecule has 0 spiro atoms. The summed E-state index contributed by atoms with van der Waals surface area (Å²) in [5.41, 5.74) is 1.71. The molecule has 1 aliphatic rings. The van der Waals surface area contributed by atoms with E-state index in [4.69, 9.17) is 14.8 Å². The van der Waals surface area contributed by atoms with Crippen LogP contribution in [0.25, 0.3) is 6.08 Å². The van der Waals surface area contributed by atoms with Gasteiger partial charge in [0.05, 0.1) is 29.8 Å². The molecule has 1 aliphatic heterocycles. The molecule has 1 saturated heterocycles. The molecular formula is C23H17BrN2O4S2. The Morgan fingerprint density at radius 3 is 2.50 bits per heavy atom. The molecule has 2 aromatic carbocycles. The minimum absolute atomic E-state index is 0.144. The number of halogens is 1. The third kappa shape index (κ3) is 5.12. The third-order valence-electron chi connectivity index (χ3n) is 4.59. The molecule has 9 heteroatoms. The molecule has 0 atom stereocenters. The molecular weight excluding hydrogens is 512 g/mol. The second kappa shape index (κ2) is 9.72. The fraction of sp³-hybridized carbons (Fsp3) is 0.0870. The number of thioether (sulfide) groups is 1. The normalized spacial score (nSPS) is 16.2. The summed E-state index contributed by atoms with van der Waals surface area (Å²) in [5.74, 6) is -0.407. The SMILES string of the molecule is COc1ccc(N=C2S/C(=C\c3cc(Br)cs3)C(=O)N2Cc2ccc(C(=O)O)cc2)cc1. The van der Waals surface area contributed by atoms with Crippen LogP contribution >= 0.6 is 39.0 Å². The van der Waals surface area contributed by atoms with Gasteiger partial charge in [0, 0.05) is 14.7 Å². The Morgan fingerprint density at radius 2 is 1.91 bits per heavy atom. The number of carbonyl (C=O) groups is 2. The maximum absolute atomic E-state index is 13.2. The van der Waals surface area contributed by atoms with Gasteiger partial charge in [-0.3, -0.25) is 9.69 Å². The van der Waals surface area contributed by atoms with Crippen molar-refractivity contribution in [3.05, 3.63) is 85.4 Å². The smallest absolute Gasteiger partial charge is 0.335 e. The summed E-state index contributed by atoms with van der Waals surface area (Å²) < 4.78 is 6.16. The van der Waals surface area contributed by atoms with Crippen molar-refractivity contribution < 1.29 is 19.4 Å². The minimum Gasteiger partial charge on any atom is -0.497 e. The van der Waals surface area contributed by atoms with E-state index in [0.29, 0.717) is 15.8 Å². The molecule has 4 rings (SSSR count). The molecule has 0 radical (unpaired) electrons. The average Bonchev–Trinajstić information content (AvgIpc) is 3.32. The Balaban J connectivity index is 1.66. The number of nitrogens with zero attached hydrogens (tertiary/aromatic N) is 2. The van der Waals surface area contributed by atoms with Crippen molar-refractivity contribution in [3.8, 4) is 5.75 Å². The highest BCUT2D eigenvalue weighted by Crippen LogP contribution is 2.36. The summed E-state index contributed by atoms with van der Waals surface area (Å²) >= 11 is 6.30. The number of methoxy groups -OCH3 is 1. The standard InChI is InChI=1S/C23H17BrN2O4S2/c1-30-18-8-6-17(7-9-18)25-23-26(12-14-2-4-15(5-3-14)22(28)29)21(27)20(32-23)11-19-10-16(24)13-31-19/h2-11,13H,12H2,1H3,(H,28,29)/b20-11-,25-23?. The zero-order valence-corrected chi connectivity index (χ0v) is 20.0. The maximum Gasteiger partial charge on any atom is 0.335 e. The van der Waals surface area contributed by atoms with Crippen LogP contribution in [0.15, 0.2) is 74.3 Å². The van der Waals surface area contributed by atoms with Crippen LogP contribution in [-0.4, -0.2) is 34.2 Å². The van der Waals surface area contributed by atoms with Gasteiger partial charge in [0.25, 0.3) is 5.91 Å². The number of amidine groups is 1. The van der Waals surface area contributed by atoms with Crippen LogP contribution in [0.2, 0.25) is 0 Å². The molecule has 1 N–H and O–H groups in total. The predicted octanol–water partition coefficient (Wildman–Crippen LogP) is 6.02. The minimum atomic E-state index is -0.988. The number of carbonyl (C=O) groups excluding carboxylic acids is 1. The molecule has 1 aromatic heterocycles. The van der Waals surface area contributed by atoms with E-state index in [1.165, 1.54) is 23.9 Å². The number of hydrogen-bond donors (Lipinski definition) is 1. The van der Waals surface area contributed by atoms with Gasteiger partial charge >= 0.3 is 5.97 Å². The topological polar surface area (TPSA) is 79.2 Å². The summed E-state index contributed by atoms with van der Waals surface area (Å²) in [7, 11) is 1.60. The largest absolute Gasteiger partial charge is 0.497 e. The number of ether oxygens (including phenoxy) is 1. The molecule has 1 fully saturated rings. The summed E-state index contributed by atoms with van der Waals surface area (Å²) in [6, 6.07) is 15.7. The Kier molecular flexibility index (Phi) is 6.78. The number of rotatable bonds is 6. The number of aromatic carboxylic acids is 1. The van der Waals surface area contributed by atoms with Gasteiger partial charge in [-0.25, -0.2) is 9.79 Å². The van der Waals surface area contributed by atoms with Crippen molar-refractivity contribution >= 4 is 67.8 Å². The lowest BCUT2D eigenvalue weighted by molar-refractivity contribution is -0.122. The number of thiophene rings is 1. The van der Waals surface area contributed by atoms with Gasteiger partial charge in [-0.1, -0.05) is 12.1 Å². The zero-order chi connectivity index (χ0) is 22.7. The highest BCUT2D eigenvalue weighted by atomic mass is 79.9. The Labute approximate surface area is 201 Å². The third-order valence-corrected chi connectivity index (χ3v) is 7.24. The zero-order valence-electron chi connectivity index (χ0n) is 16.8. The van der Waals surface area contributed by atoms with Gasteiger partial charge in [0.1, 0.15) is 5.75 Å². The van der Waals surface area contributed by atoms with E-state index in [9.17, 15) is 9.59 Å². The fourth-order valence-electron chi connectivity index (χ4n) is 2.97. The van der Waals surface area contributed by atoms with Crippen LogP contribution < -0.4 is 4.74 Å². The predicted molar refractivity (Wildman–Crippen MR) is 132 cm³/mol. The quantitative estimate of drug-likeness (QED) is 0.395. The van der Waals surface area contributed by atoms with E-state index in [1.54, 1.807) is 35.5 Å². The molecule has 0 unspecified atom stereocenters. The first-order valence-electron chi connectivity index (χ1n) is 9.43. The molecule has 3 aromatic rings. The Morgan fingerprint density at radius 1 is 1.19 bits per heavy atom. The number of aliphatic imine (C=N–C) groups is 1. The van der Waals surface area contributed by atoms with Crippen LogP contribution in [0.5, 0.6) is 5.75 Å². The van der Waals surface area contributed by atoms with Gasteiger partial charge in [-0.05, 0) is 81.8 Å². The maximum atomic E-state index is 13.2. The molecule has 0 bridgehead atoms. The first kappa shape index (κ1) is 22.3. The molecule has 0 aliphatic carbocycles. The van der Waals surface area contributed by atoms with Crippen molar-refractivity contribution in [2.45, 2.75) is 6.54 Å². The molecule has 2 heterocycles. The number of carboxylic acids is 1. The summed E-state index contributed by atoms with van der Waals surface area (Å²) in [4.78, 5) is 32.2. The Bertz CT molecular complexity index is 1220. The molecule has 162 valence electrons. The summed E-state index contributed by atoms with van der Waals surface area (Å²) in [5, 5.41) is 11.6. The van der Waals surface area contributed by atoms with E-state index in [-0.39, 0.29) is 18.0 Å². The van der Waals surface area contributed by atoms with Crippen LogP contribution in [0.3, 0.4) is 0 Å². The van der Waals surface area contributed by atoms with Crippen molar-refractivity contribution in [2.75, 3.05) is 7.11 Å². The lowest BCUT2D eigenvalue weighted by atomic mass is 10.1. The highest BCUT2D eigenvalue weighted by Gasteiger charge is 2.33. The Hall–Kier alpha value is -2.88. The van der Waals surface area contributed by atoms with E-state index in [1.807, 2.05) is 41.8 Å². The highest BCUT2D eigenvalue weighted by molar-refractivity contribution is 9.10. The van der Waals surface area contributed by atoms with E-state index >= 15 is 0 Å². The summed E-state index contributed by atoms with van der Waals surface area (Å²) in [6.45, 7) is 0.284. The first-order chi connectivity index (χ1) is 15.4. The lowest BCUT2D eigenvalue weighted by Crippen LogP contribution is -2.28. The van der Waals surface area contributed by atoms with Gasteiger partial charge < -0.3 is 9.84 Å². The van der Waals surface area contributed by atoms with Crippen molar-refractivity contribution in [1.29, 1.82) is 0 Å². The average molecular weight is 529 g/mol. The summed E-state index contributed by atoms with van der Waals surface area (Å²) in [6.07, 6.45) is 1.86. The number of hydrogen-bond acceptors (Lipinski definition) is 6. The van der Waals surface area contributed by atoms with Gasteiger partial charge in [0.15, 0.2) is 5.17 Å². The second-order valence-electron chi connectivity index (χ2n) is 6.76. The van der Waals surface area contributed by atoms with E-state index < -0.39 is 5.97 Å². The number of amides is 1. The first-order valence-corrected chi connectivity index (χ1v) is 11.9. The van der Waals surface area contributed by atoms with Crippen molar-refractivity contribution in [3.63, 3.8) is 0 Å². The van der Waals surface area contributed by atoms with Crippen LogP contribution in [0.1, 0.15) is 20.8 Å². The molecule has 6 nitrogen and oxygen atoms in total. The fourth-order valence-corrected chi connectivity index (χ4v) is 5.41. The lowest BCUT2D eigenvalue weighted by Gasteiger charge is -2.16. The molecule has 1 amide bonds. The van der Waals surface area contributed by atoms with Gasteiger partial charge in [-0.2, -0.15) is 0 Å². The monoisotopic (exact) mass is 528 g/mol. The van der Waals surface area contributed by atoms with Gasteiger partial charge in [-0.15, -0.1) is 11.3 Å². The van der Waals surface area contributed by atoms with Crippen LogP contribution in [0, 0.1) is 0 Å². The number of carboxylic acid groups (broad SMARTS) is 1. The van der Waals surface area contributed by atoms with Crippen LogP contribution in [-0.2, 0) is 11.3 Å². The second-order valence-corrected chi connectivity index (χ2v) is 9.63. The molecule has 0 saturated carbocycles. The van der Waals surface area contributed by atoms with Gasteiger partial charge in [0.2, 0.25) is 0 Å². The number of benzene rings is 2. The van der Waals surface area contributed by atoms with Crippen molar-refractivity contribution in [1.82, 2.24) is 4.90 Å². The molecule has 32 heavy (non-hydrogen) atoms. The van der Waals surface area contributed by atoms with E-state index in [2.05, 4.69) is 15.9 Å². The van der Waals surface area contributed by atoms with Crippen molar-refractivity contribution in [2.24, 2.45) is 4.99 Å². The van der Waals surface area contributed by atoms with Crippen LogP contribution in [0.4, 0.5) is 5.69 Å². The van der Waals surface area contributed by atoms with E-state index in [0.717, 1.165) is 20.7 Å².